The highest BCUT2D eigenvalue weighted by Gasteiger charge is 2.24. The molecule has 0 saturated heterocycles. The highest BCUT2D eigenvalue weighted by atomic mass is 32.2. The number of carbonyl (C=O) groups is 1. The summed E-state index contributed by atoms with van der Waals surface area (Å²) in [6.45, 7) is 0. The molecule has 2 aromatic rings. The average molecular weight is 305 g/mol. The molecule has 0 aliphatic carbocycles. The number of nitro groups is 1. The third kappa shape index (κ3) is 3.14. The van der Waals surface area contributed by atoms with Crippen molar-refractivity contribution >= 4 is 23.4 Å². The zero-order valence-electron chi connectivity index (χ0n) is 11.0. The van der Waals surface area contributed by atoms with E-state index in [1.165, 1.54) is 30.0 Å². The van der Waals surface area contributed by atoms with Crippen molar-refractivity contribution in [2.45, 2.75) is 4.90 Å². The minimum Gasteiger partial charge on any atom is -0.478 e. The molecule has 21 heavy (non-hydrogen) atoms. The van der Waals surface area contributed by atoms with Gasteiger partial charge in [-0.25, -0.2) is 4.79 Å². The lowest BCUT2D eigenvalue weighted by Crippen LogP contribution is -2.03. The molecule has 0 spiro atoms. The molecule has 0 fully saturated rings. The number of benzene rings is 2. The number of nitro benzene ring substituents is 1. The normalized spacial score (nSPS) is 10.1. The van der Waals surface area contributed by atoms with Crippen LogP contribution in [-0.4, -0.2) is 22.3 Å². The zero-order valence-corrected chi connectivity index (χ0v) is 11.8. The molecule has 0 saturated carbocycles. The Bertz CT molecular complexity index is 669. The third-order valence-electron chi connectivity index (χ3n) is 2.70. The highest BCUT2D eigenvalue weighted by molar-refractivity contribution is 7.98. The Morgan fingerprint density at radius 1 is 1.24 bits per heavy atom. The molecule has 2 rings (SSSR count). The maximum atomic E-state index is 11.2. The van der Waals surface area contributed by atoms with Crippen LogP contribution in [0.3, 0.4) is 0 Å². The fraction of sp³-hybridized carbons (Fsp3) is 0.0714. The van der Waals surface area contributed by atoms with E-state index in [9.17, 15) is 14.9 Å². The molecule has 0 aromatic heterocycles. The molecule has 0 atom stereocenters. The summed E-state index contributed by atoms with van der Waals surface area (Å²) in [6, 6.07) is 10.7. The number of nitrogens with zero attached hydrogens (tertiary/aromatic N) is 1. The Hall–Kier alpha value is -2.54. The number of carboxylic acid groups (broad SMARTS) is 1. The van der Waals surface area contributed by atoms with E-state index in [-0.39, 0.29) is 17.0 Å². The van der Waals surface area contributed by atoms with Gasteiger partial charge in [0.1, 0.15) is 11.3 Å². The number of rotatable bonds is 5. The van der Waals surface area contributed by atoms with Crippen molar-refractivity contribution in [1.82, 2.24) is 0 Å². The standard InChI is InChI=1S/C14H11NO5S/c1-21-12-8-3-2-7-11(12)20-13-9(14(16)17)5-4-6-10(13)15(18)19/h2-8H,1H3,(H,16,17). The van der Waals surface area contributed by atoms with Crippen LogP contribution < -0.4 is 4.74 Å². The van der Waals surface area contributed by atoms with Crippen molar-refractivity contribution in [3.8, 4) is 11.5 Å². The van der Waals surface area contributed by atoms with Crippen molar-refractivity contribution in [1.29, 1.82) is 0 Å². The molecule has 0 heterocycles. The van der Waals surface area contributed by atoms with Gasteiger partial charge in [0.25, 0.3) is 0 Å². The van der Waals surface area contributed by atoms with E-state index in [0.717, 1.165) is 4.90 Å². The molecule has 1 N–H and O–H groups in total. The molecule has 0 aliphatic rings. The third-order valence-corrected chi connectivity index (χ3v) is 3.48. The van der Waals surface area contributed by atoms with Crippen LogP contribution in [0, 0.1) is 10.1 Å². The predicted octanol–water partition coefficient (Wildman–Crippen LogP) is 3.81. The second kappa shape index (κ2) is 6.27. The number of para-hydroxylation sites is 2. The fourth-order valence-corrected chi connectivity index (χ4v) is 2.28. The van der Waals surface area contributed by atoms with Crippen LogP contribution in [0.15, 0.2) is 47.4 Å². The molecular weight excluding hydrogens is 294 g/mol. The first-order chi connectivity index (χ1) is 10.0. The van der Waals surface area contributed by atoms with Crippen molar-refractivity contribution < 1.29 is 19.6 Å². The van der Waals surface area contributed by atoms with Crippen LogP contribution in [0.25, 0.3) is 0 Å². The summed E-state index contributed by atoms with van der Waals surface area (Å²) in [6.07, 6.45) is 1.83. The summed E-state index contributed by atoms with van der Waals surface area (Å²) in [7, 11) is 0. The van der Waals surface area contributed by atoms with Crippen LogP contribution in [0.1, 0.15) is 10.4 Å². The van der Waals surface area contributed by atoms with Crippen LogP contribution in [-0.2, 0) is 0 Å². The van der Waals surface area contributed by atoms with Crippen LogP contribution in [0.4, 0.5) is 5.69 Å². The van der Waals surface area contributed by atoms with E-state index in [0.29, 0.717) is 5.75 Å². The first-order valence-corrected chi connectivity index (χ1v) is 7.08. The van der Waals surface area contributed by atoms with Crippen molar-refractivity contribution in [2.75, 3.05) is 6.26 Å². The number of carboxylic acids is 1. The second-order valence-electron chi connectivity index (χ2n) is 3.97. The summed E-state index contributed by atoms with van der Waals surface area (Å²) in [4.78, 5) is 22.4. The Kier molecular flexibility index (Phi) is 4.44. The summed E-state index contributed by atoms with van der Waals surface area (Å²) in [5.74, 6) is -1.17. The van der Waals surface area contributed by atoms with E-state index < -0.39 is 10.9 Å². The molecule has 108 valence electrons. The molecule has 0 amide bonds. The molecule has 2 aromatic carbocycles. The number of aromatic carboxylic acids is 1. The van der Waals surface area contributed by atoms with E-state index >= 15 is 0 Å². The van der Waals surface area contributed by atoms with Gasteiger partial charge in [0.2, 0.25) is 5.75 Å². The fourth-order valence-electron chi connectivity index (χ4n) is 1.76. The molecule has 7 heteroatoms. The maximum absolute atomic E-state index is 11.2. The Morgan fingerprint density at radius 2 is 1.95 bits per heavy atom. The first kappa shape index (κ1) is 14.9. The molecule has 0 unspecified atom stereocenters. The lowest BCUT2D eigenvalue weighted by atomic mass is 10.1. The van der Waals surface area contributed by atoms with E-state index in [2.05, 4.69) is 0 Å². The van der Waals surface area contributed by atoms with Crippen LogP contribution in [0.5, 0.6) is 11.5 Å². The molecule has 0 aliphatic heterocycles. The van der Waals surface area contributed by atoms with Gasteiger partial charge in [-0.3, -0.25) is 10.1 Å². The van der Waals surface area contributed by atoms with Crippen molar-refractivity contribution in [3.63, 3.8) is 0 Å². The summed E-state index contributed by atoms with van der Waals surface area (Å²) >= 11 is 1.40. The van der Waals surface area contributed by atoms with Gasteiger partial charge in [-0.1, -0.05) is 18.2 Å². The minimum absolute atomic E-state index is 0.250. The Balaban J connectivity index is 2.56. The number of hydrogen-bond donors (Lipinski definition) is 1. The average Bonchev–Trinajstić information content (AvgIpc) is 2.47. The van der Waals surface area contributed by atoms with Gasteiger partial charge in [-0.05, 0) is 24.5 Å². The van der Waals surface area contributed by atoms with E-state index in [4.69, 9.17) is 9.84 Å². The monoisotopic (exact) mass is 305 g/mol. The summed E-state index contributed by atoms with van der Waals surface area (Å²) in [5.41, 5.74) is -0.633. The number of thioether (sulfide) groups is 1. The second-order valence-corrected chi connectivity index (χ2v) is 4.82. The smallest absolute Gasteiger partial charge is 0.339 e. The SMILES string of the molecule is CSc1ccccc1Oc1c(C(=O)O)cccc1[N+](=O)[O-]. The molecular formula is C14H11NO5S. The van der Waals surface area contributed by atoms with Gasteiger partial charge in [0, 0.05) is 11.0 Å². The highest BCUT2D eigenvalue weighted by Crippen LogP contribution is 2.38. The topological polar surface area (TPSA) is 89.7 Å². The van der Waals surface area contributed by atoms with Gasteiger partial charge >= 0.3 is 11.7 Å². The largest absolute Gasteiger partial charge is 0.478 e. The quantitative estimate of drug-likeness (QED) is 0.513. The van der Waals surface area contributed by atoms with Gasteiger partial charge < -0.3 is 9.84 Å². The van der Waals surface area contributed by atoms with Gasteiger partial charge in [0.05, 0.1) is 4.92 Å². The van der Waals surface area contributed by atoms with E-state index in [1.807, 2.05) is 6.26 Å². The first-order valence-electron chi connectivity index (χ1n) is 5.86. The predicted molar refractivity (Wildman–Crippen MR) is 78.4 cm³/mol. The summed E-state index contributed by atoms with van der Waals surface area (Å²) in [5, 5.41) is 20.2. The van der Waals surface area contributed by atoms with Crippen molar-refractivity contribution in [2.24, 2.45) is 0 Å². The molecule has 0 radical (unpaired) electrons. The summed E-state index contributed by atoms with van der Waals surface area (Å²) < 4.78 is 5.54. The number of ether oxygens (including phenoxy) is 1. The molecule has 6 nitrogen and oxygen atoms in total. The Morgan fingerprint density at radius 3 is 2.57 bits per heavy atom. The minimum atomic E-state index is -1.28. The van der Waals surface area contributed by atoms with Crippen LogP contribution >= 0.6 is 11.8 Å². The van der Waals surface area contributed by atoms with Gasteiger partial charge in [-0.15, -0.1) is 11.8 Å². The number of hydrogen-bond acceptors (Lipinski definition) is 5. The zero-order chi connectivity index (χ0) is 15.4. The lowest BCUT2D eigenvalue weighted by Gasteiger charge is -2.11. The Labute approximate surface area is 124 Å². The molecule has 0 bridgehead atoms. The van der Waals surface area contributed by atoms with Gasteiger partial charge in [0.15, 0.2) is 0 Å². The maximum Gasteiger partial charge on any atom is 0.339 e. The van der Waals surface area contributed by atoms with Gasteiger partial charge in [-0.2, -0.15) is 0 Å². The van der Waals surface area contributed by atoms with Crippen molar-refractivity contribution in [3.05, 3.63) is 58.1 Å². The van der Waals surface area contributed by atoms with Crippen LogP contribution in [0.2, 0.25) is 0 Å². The lowest BCUT2D eigenvalue weighted by molar-refractivity contribution is -0.385. The van der Waals surface area contributed by atoms with E-state index in [1.54, 1.807) is 24.3 Å².